The second kappa shape index (κ2) is 7.35. The zero-order chi connectivity index (χ0) is 18.0. The van der Waals surface area contributed by atoms with Gasteiger partial charge in [-0.2, -0.15) is 0 Å². The number of amides is 1. The van der Waals surface area contributed by atoms with E-state index in [9.17, 15) is 14.7 Å². The monoisotopic (exact) mass is 364 g/mol. The van der Waals surface area contributed by atoms with Crippen molar-refractivity contribution in [2.45, 2.75) is 4.90 Å². The third-order valence-electron chi connectivity index (χ3n) is 5.34. The van der Waals surface area contributed by atoms with Crippen LogP contribution in [0.25, 0.3) is 0 Å². The summed E-state index contributed by atoms with van der Waals surface area (Å²) in [6.07, 6.45) is 1.94. The van der Waals surface area contributed by atoms with Crippen molar-refractivity contribution in [1.82, 2.24) is 9.80 Å². The zero-order valence-corrected chi connectivity index (χ0v) is 15.4. The first-order valence-electron chi connectivity index (χ1n) is 8.39. The van der Waals surface area contributed by atoms with Crippen molar-refractivity contribution >= 4 is 23.6 Å². The van der Waals surface area contributed by atoms with Gasteiger partial charge in [0.15, 0.2) is 0 Å². The number of carboxylic acids is 1. The molecule has 0 spiro atoms. The highest BCUT2D eigenvalue weighted by Crippen LogP contribution is 2.43. The fraction of sp³-hybridized carbons (Fsp3) is 0.556. The van der Waals surface area contributed by atoms with E-state index in [4.69, 9.17) is 4.74 Å². The molecule has 0 radical (unpaired) electrons. The van der Waals surface area contributed by atoms with Gasteiger partial charge in [-0.15, -0.1) is 11.8 Å². The van der Waals surface area contributed by atoms with Crippen LogP contribution in [0.1, 0.15) is 10.4 Å². The van der Waals surface area contributed by atoms with Gasteiger partial charge >= 0.3 is 5.97 Å². The molecular formula is C18H24N2O4S. The minimum atomic E-state index is -0.863. The summed E-state index contributed by atoms with van der Waals surface area (Å²) in [4.78, 5) is 29.8. The first-order chi connectivity index (χ1) is 12.0. The van der Waals surface area contributed by atoms with E-state index in [-0.39, 0.29) is 18.4 Å². The fourth-order valence-electron chi connectivity index (χ4n) is 4.01. The summed E-state index contributed by atoms with van der Waals surface area (Å²) in [5, 5.41) is 9.89. The molecule has 2 fully saturated rings. The standard InChI is InChI=1S/C18H24N2O4S/c1-24-8-7-19-9-13-10-20(12-18(13,11-19)17(22)23)16(21)14-5-3-4-6-15(14)25-2/h3-6,13H,7-12H2,1-2H3,(H,22,23)/t13-,18-/m0/s1. The third kappa shape index (κ3) is 3.28. The van der Waals surface area contributed by atoms with E-state index in [1.54, 1.807) is 12.0 Å². The maximum absolute atomic E-state index is 13.0. The first kappa shape index (κ1) is 18.2. The SMILES string of the molecule is COCCN1C[C@H]2CN(C(=O)c3ccccc3SC)C[C@@]2(C(=O)O)C1. The van der Waals surface area contributed by atoms with Crippen LogP contribution in [0, 0.1) is 11.3 Å². The van der Waals surface area contributed by atoms with Crippen molar-refractivity contribution in [3.8, 4) is 0 Å². The lowest BCUT2D eigenvalue weighted by Crippen LogP contribution is -2.42. The summed E-state index contributed by atoms with van der Waals surface area (Å²) >= 11 is 1.53. The van der Waals surface area contributed by atoms with Crippen molar-refractivity contribution in [2.75, 3.05) is 52.7 Å². The number of methoxy groups -OCH3 is 1. The molecule has 1 aromatic carbocycles. The predicted octanol–water partition coefficient (Wildman–Crippen LogP) is 1.51. The molecule has 0 bridgehead atoms. The van der Waals surface area contributed by atoms with Crippen LogP contribution < -0.4 is 0 Å². The van der Waals surface area contributed by atoms with E-state index in [0.717, 1.165) is 11.4 Å². The number of likely N-dealkylation sites (tertiary alicyclic amines) is 2. The van der Waals surface area contributed by atoms with Gasteiger partial charge in [0.05, 0.1) is 12.2 Å². The number of nitrogens with zero attached hydrogens (tertiary/aromatic N) is 2. The number of carbonyl (C=O) groups excluding carboxylic acids is 1. The van der Waals surface area contributed by atoms with Gasteiger partial charge in [0.1, 0.15) is 5.41 Å². The normalized spacial score (nSPS) is 26.0. The van der Waals surface area contributed by atoms with Gasteiger partial charge in [-0.1, -0.05) is 12.1 Å². The fourth-order valence-corrected chi connectivity index (χ4v) is 4.60. The zero-order valence-electron chi connectivity index (χ0n) is 14.6. The van der Waals surface area contributed by atoms with E-state index in [1.165, 1.54) is 11.8 Å². The second-order valence-electron chi connectivity index (χ2n) is 6.77. The van der Waals surface area contributed by atoms with Gasteiger partial charge in [0, 0.05) is 50.6 Å². The van der Waals surface area contributed by atoms with Gasteiger partial charge in [-0.25, -0.2) is 0 Å². The Labute approximate surface area is 152 Å². The van der Waals surface area contributed by atoms with E-state index >= 15 is 0 Å². The van der Waals surface area contributed by atoms with Gasteiger partial charge in [0.25, 0.3) is 5.91 Å². The van der Waals surface area contributed by atoms with Gasteiger partial charge < -0.3 is 14.7 Å². The van der Waals surface area contributed by atoms with Gasteiger partial charge in [-0.05, 0) is 18.4 Å². The largest absolute Gasteiger partial charge is 0.481 e. The third-order valence-corrected chi connectivity index (χ3v) is 6.14. The summed E-state index contributed by atoms with van der Waals surface area (Å²) < 4.78 is 5.11. The molecule has 136 valence electrons. The number of benzene rings is 1. The second-order valence-corrected chi connectivity index (χ2v) is 7.62. The highest BCUT2D eigenvalue weighted by Gasteiger charge is 2.58. The molecule has 2 heterocycles. The minimum Gasteiger partial charge on any atom is -0.481 e. The Morgan fingerprint density at radius 2 is 2.08 bits per heavy atom. The van der Waals surface area contributed by atoms with E-state index < -0.39 is 11.4 Å². The van der Waals surface area contributed by atoms with Gasteiger partial charge in [0.2, 0.25) is 0 Å². The molecule has 1 amide bonds. The van der Waals surface area contributed by atoms with Crippen molar-refractivity contribution < 1.29 is 19.4 Å². The molecule has 2 aliphatic rings. The average Bonchev–Trinajstić information content (AvgIpc) is 3.14. The Kier molecular flexibility index (Phi) is 5.36. The summed E-state index contributed by atoms with van der Waals surface area (Å²) in [6.45, 7) is 3.26. The molecule has 0 unspecified atom stereocenters. The number of carboxylic acid groups (broad SMARTS) is 1. The van der Waals surface area contributed by atoms with Crippen LogP contribution >= 0.6 is 11.8 Å². The molecule has 0 saturated carbocycles. The Hall–Kier alpha value is -1.57. The van der Waals surface area contributed by atoms with E-state index in [1.807, 2.05) is 30.5 Å². The Morgan fingerprint density at radius 1 is 1.32 bits per heavy atom. The quantitative estimate of drug-likeness (QED) is 0.772. The summed E-state index contributed by atoms with van der Waals surface area (Å²) in [5.74, 6) is -0.901. The number of hydrogen-bond acceptors (Lipinski definition) is 5. The first-order valence-corrected chi connectivity index (χ1v) is 9.61. The molecule has 6 nitrogen and oxygen atoms in total. The number of aliphatic carboxylic acids is 1. The average molecular weight is 364 g/mol. The van der Waals surface area contributed by atoms with E-state index in [0.29, 0.717) is 31.8 Å². The molecule has 25 heavy (non-hydrogen) atoms. The topological polar surface area (TPSA) is 70.1 Å². The Balaban J connectivity index is 1.78. The molecule has 0 aliphatic carbocycles. The lowest BCUT2D eigenvalue weighted by Gasteiger charge is -2.25. The summed E-state index contributed by atoms with van der Waals surface area (Å²) in [7, 11) is 1.65. The van der Waals surface area contributed by atoms with Crippen LogP contribution in [0.2, 0.25) is 0 Å². The number of carbonyl (C=O) groups is 2. The van der Waals surface area contributed by atoms with Crippen LogP contribution in [-0.4, -0.2) is 79.5 Å². The maximum Gasteiger partial charge on any atom is 0.313 e. The van der Waals surface area contributed by atoms with Crippen LogP contribution in [0.3, 0.4) is 0 Å². The minimum absolute atomic E-state index is 0.0350. The molecule has 1 N–H and O–H groups in total. The smallest absolute Gasteiger partial charge is 0.313 e. The molecule has 1 aromatic rings. The van der Waals surface area contributed by atoms with Crippen molar-refractivity contribution in [1.29, 1.82) is 0 Å². The lowest BCUT2D eigenvalue weighted by atomic mass is 9.81. The van der Waals surface area contributed by atoms with Crippen molar-refractivity contribution in [3.63, 3.8) is 0 Å². The van der Waals surface area contributed by atoms with Crippen LogP contribution in [0.15, 0.2) is 29.2 Å². The number of ether oxygens (including phenoxy) is 1. The van der Waals surface area contributed by atoms with Crippen LogP contribution in [0.5, 0.6) is 0 Å². The Bertz CT molecular complexity index is 668. The number of rotatable bonds is 6. The molecular weight excluding hydrogens is 340 g/mol. The molecule has 0 aromatic heterocycles. The lowest BCUT2D eigenvalue weighted by molar-refractivity contribution is -0.148. The number of fused-ring (bicyclic) bond motifs is 1. The number of hydrogen-bond donors (Lipinski definition) is 1. The van der Waals surface area contributed by atoms with Gasteiger partial charge in [-0.3, -0.25) is 14.5 Å². The molecule has 3 rings (SSSR count). The van der Waals surface area contributed by atoms with Crippen molar-refractivity contribution in [3.05, 3.63) is 29.8 Å². The predicted molar refractivity (Wildman–Crippen MR) is 96.0 cm³/mol. The summed E-state index contributed by atoms with van der Waals surface area (Å²) in [5.41, 5.74) is -0.204. The molecule has 2 saturated heterocycles. The molecule has 2 atom stereocenters. The maximum atomic E-state index is 13.0. The summed E-state index contributed by atoms with van der Waals surface area (Å²) in [6, 6.07) is 7.51. The number of thioether (sulfide) groups is 1. The highest BCUT2D eigenvalue weighted by molar-refractivity contribution is 7.98. The van der Waals surface area contributed by atoms with Crippen LogP contribution in [-0.2, 0) is 9.53 Å². The van der Waals surface area contributed by atoms with Crippen molar-refractivity contribution in [2.24, 2.45) is 11.3 Å². The highest BCUT2D eigenvalue weighted by atomic mass is 32.2. The molecule has 2 aliphatic heterocycles. The Morgan fingerprint density at radius 3 is 2.72 bits per heavy atom. The molecule has 7 heteroatoms. The van der Waals surface area contributed by atoms with E-state index in [2.05, 4.69) is 4.90 Å². The van der Waals surface area contributed by atoms with Crippen LogP contribution in [0.4, 0.5) is 0 Å².